The molecule has 0 aromatic heterocycles. The molecule has 0 heterocycles. The molecule has 0 saturated carbocycles. The zero-order valence-electron chi connectivity index (χ0n) is 15.8. The van der Waals surface area contributed by atoms with Crippen LogP contribution in [0.3, 0.4) is 0 Å². The third-order valence-corrected chi connectivity index (χ3v) is 4.54. The van der Waals surface area contributed by atoms with E-state index in [1.54, 1.807) is 12.1 Å². The van der Waals surface area contributed by atoms with Crippen LogP contribution in [-0.2, 0) is 6.54 Å². The van der Waals surface area contributed by atoms with Gasteiger partial charge in [-0.15, -0.1) is 0 Å². The summed E-state index contributed by atoms with van der Waals surface area (Å²) in [6, 6.07) is 18.1. The molecule has 1 amide bonds. The van der Waals surface area contributed by atoms with E-state index in [0.717, 1.165) is 17.2 Å². The van der Waals surface area contributed by atoms with Crippen LogP contribution in [0, 0.1) is 18.6 Å². The van der Waals surface area contributed by atoms with Crippen molar-refractivity contribution in [3.05, 3.63) is 101 Å². The van der Waals surface area contributed by atoms with E-state index in [4.69, 9.17) is 0 Å². The lowest BCUT2D eigenvalue weighted by molar-refractivity contribution is 0.102. The molecule has 3 rings (SSSR count). The van der Waals surface area contributed by atoms with Gasteiger partial charge in [-0.3, -0.25) is 4.79 Å². The standard InChI is InChI=1S/C23H22F2N2O/c1-15-6-8-18(9-7-15)23(28)27-20-5-3-4-17(12-20)14-26-16(2)21-11-10-19(24)13-22(21)25/h3-13,16,26H,14H2,1-2H3,(H,27,28)/t16-/m1/s1. The molecule has 0 bridgehead atoms. The van der Waals surface area contributed by atoms with E-state index in [1.165, 1.54) is 12.1 Å². The number of hydrogen-bond donors (Lipinski definition) is 2. The summed E-state index contributed by atoms with van der Waals surface area (Å²) in [6.45, 7) is 4.27. The molecule has 0 spiro atoms. The van der Waals surface area contributed by atoms with Crippen LogP contribution in [0.2, 0.25) is 0 Å². The molecule has 0 radical (unpaired) electrons. The van der Waals surface area contributed by atoms with Crippen LogP contribution in [0.5, 0.6) is 0 Å². The molecule has 2 N–H and O–H groups in total. The summed E-state index contributed by atoms with van der Waals surface area (Å²) in [4.78, 5) is 12.4. The second-order valence-electron chi connectivity index (χ2n) is 6.79. The molecule has 3 aromatic rings. The van der Waals surface area contributed by atoms with Crippen molar-refractivity contribution in [1.29, 1.82) is 0 Å². The van der Waals surface area contributed by atoms with Crippen molar-refractivity contribution in [2.24, 2.45) is 0 Å². The average Bonchev–Trinajstić information content (AvgIpc) is 2.67. The van der Waals surface area contributed by atoms with Crippen molar-refractivity contribution in [1.82, 2.24) is 5.32 Å². The molecule has 0 fully saturated rings. The minimum Gasteiger partial charge on any atom is -0.322 e. The Balaban J connectivity index is 1.63. The Morgan fingerprint density at radius 3 is 2.46 bits per heavy atom. The Bertz CT molecular complexity index is 971. The molecule has 3 aromatic carbocycles. The molecule has 0 aliphatic carbocycles. The first kappa shape index (κ1) is 19.7. The van der Waals surface area contributed by atoms with E-state index in [1.807, 2.05) is 50.2 Å². The first-order valence-electron chi connectivity index (χ1n) is 9.07. The predicted molar refractivity (Wildman–Crippen MR) is 107 cm³/mol. The van der Waals surface area contributed by atoms with Crippen molar-refractivity contribution in [2.75, 3.05) is 5.32 Å². The van der Waals surface area contributed by atoms with Crippen LogP contribution in [0.4, 0.5) is 14.5 Å². The van der Waals surface area contributed by atoms with Gasteiger partial charge in [0.15, 0.2) is 0 Å². The second-order valence-corrected chi connectivity index (χ2v) is 6.79. The second kappa shape index (κ2) is 8.76. The fourth-order valence-electron chi connectivity index (χ4n) is 2.90. The molecule has 0 saturated heterocycles. The highest BCUT2D eigenvalue weighted by molar-refractivity contribution is 6.04. The SMILES string of the molecule is Cc1ccc(C(=O)Nc2cccc(CN[C@H](C)c3ccc(F)cc3F)c2)cc1. The first-order valence-corrected chi connectivity index (χ1v) is 9.07. The summed E-state index contributed by atoms with van der Waals surface area (Å²) >= 11 is 0. The van der Waals surface area contributed by atoms with Gasteiger partial charge in [0, 0.05) is 35.5 Å². The van der Waals surface area contributed by atoms with Crippen LogP contribution in [0.1, 0.15) is 40.0 Å². The Morgan fingerprint density at radius 2 is 1.75 bits per heavy atom. The third-order valence-electron chi connectivity index (χ3n) is 4.54. The van der Waals surface area contributed by atoms with Crippen molar-refractivity contribution in [3.63, 3.8) is 0 Å². The fraction of sp³-hybridized carbons (Fsp3) is 0.174. The Kier molecular flexibility index (Phi) is 6.16. The van der Waals surface area contributed by atoms with Crippen molar-refractivity contribution < 1.29 is 13.6 Å². The average molecular weight is 380 g/mol. The van der Waals surface area contributed by atoms with Gasteiger partial charge in [0.05, 0.1) is 0 Å². The maximum absolute atomic E-state index is 13.9. The molecule has 144 valence electrons. The van der Waals surface area contributed by atoms with Crippen LogP contribution >= 0.6 is 0 Å². The van der Waals surface area contributed by atoms with E-state index < -0.39 is 11.6 Å². The summed E-state index contributed by atoms with van der Waals surface area (Å²) in [5, 5.41) is 6.10. The number of amides is 1. The zero-order chi connectivity index (χ0) is 20.1. The van der Waals surface area contributed by atoms with Crippen LogP contribution < -0.4 is 10.6 Å². The number of rotatable bonds is 6. The van der Waals surface area contributed by atoms with Gasteiger partial charge in [-0.25, -0.2) is 8.78 Å². The molecule has 0 unspecified atom stereocenters. The highest BCUT2D eigenvalue weighted by Crippen LogP contribution is 2.19. The molecular weight excluding hydrogens is 358 g/mol. The largest absolute Gasteiger partial charge is 0.322 e. The van der Waals surface area contributed by atoms with Gasteiger partial charge < -0.3 is 10.6 Å². The normalized spacial score (nSPS) is 11.9. The smallest absolute Gasteiger partial charge is 0.255 e. The van der Waals surface area contributed by atoms with Crippen LogP contribution in [-0.4, -0.2) is 5.91 Å². The number of hydrogen-bond acceptors (Lipinski definition) is 2. The molecule has 0 aliphatic rings. The molecule has 0 aliphatic heterocycles. The number of carbonyl (C=O) groups excluding carboxylic acids is 1. The highest BCUT2D eigenvalue weighted by atomic mass is 19.1. The number of halogens is 2. The van der Waals surface area contributed by atoms with Crippen molar-refractivity contribution >= 4 is 11.6 Å². The van der Waals surface area contributed by atoms with E-state index in [-0.39, 0.29) is 11.9 Å². The van der Waals surface area contributed by atoms with E-state index in [2.05, 4.69) is 10.6 Å². The lowest BCUT2D eigenvalue weighted by Gasteiger charge is -2.16. The maximum atomic E-state index is 13.9. The van der Waals surface area contributed by atoms with Crippen LogP contribution in [0.25, 0.3) is 0 Å². The monoisotopic (exact) mass is 380 g/mol. The van der Waals surface area contributed by atoms with Gasteiger partial charge in [0.1, 0.15) is 11.6 Å². The fourth-order valence-corrected chi connectivity index (χ4v) is 2.90. The van der Waals surface area contributed by atoms with Gasteiger partial charge in [-0.1, -0.05) is 35.9 Å². The molecular formula is C23H22F2N2O. The lowest BCUT2D eigenvalue weighted by atomic mass is 10.1. The minimum absolute atomic E-state index is 0.174. The van der Waals surface area contributed by atoms with Gasteiger partial charge in [0.25, 0.3) is 5.91 Å². The molecule has 28 heavy (non-hydrogen) atoms. The number of benzene rings is 3. The molecule has 3 nitrogen and oxygen atoms in total. The maximum Gasteiger partial charge on any atom is 0.255 e. The number of anilines is 1. The molecule has 1 atom stereocenters. The lowest BCUT2D eigenvalue weighted by Crippen LogP contribution is -2.19. The zero-order valence-corrected chi connectivity index (χ0v) is 15.8. The topological polar surface area (TPSA) is 41.1 Å². The summed E-state index contributed by atoms with van der Waals surface area (Å²) in [5.41, 5.74) is 3.72. The number of aryl methyl sites for hydroxylation is 1. The summed E-state index contributed by atoms with van der Waals surface area (Å²) in [7, 11) is 0. The number of carbonyl (C=O) groups is 1. The molecule has 5 heteroatoms. The van der Waals surface area contributed by atoms with Crippen molar-refractivity contribution in [2.45, 2.75) is 26.4 Å². The van der Waals surface area contributed by atoms with Crippen molar-refractivity contribution in [3.8, 4) is 0 Å². The summed E-state index contributed by atoms with van der Waals surface area (Å²) in [6.07, 6.45) is 0. The third kappa shape index (κ3) is 5.02. The van der Waals surface area contributed by atoms with Gasteiger partial charge in [0.2, 0.25) is 0 Å². The van der Waals surface area contributed by atoms with Gasteiger partial charge in [-0.2, -0.15) is 0 Å². The highest BCUT2D eigenvalue weighted by Gasteiger charge is 2.12. The summed E-state index contributed by atoms with van der Waals surface area (Å²) in [5.74, 6) is -1.34. The Hall–Kier alpha value is -3.05. The minimum atomic E-state index is -0.592. The first-order chi connectivity index (χ1) is 13.4. The van der Waals surface area contributed by atoms with E-state index in [0.29, 0.717) is 23.4 Å². The van der Waals surface area contributed by atoms with E-state index >= 15 is 0 Å². The van der Waals surface area contributed by atoms with Crippen LogP contribution in [0.15, 0.2) is 66.7 Å². The quantitative estimate of drug-likeness (QED) is 0.603. The number of nitrogens with one attached hydrogen (secondary N) is 2. The van der Waals surface area contributed by atoms with Gasteiger partial charge >= 0.3 is 0 Å². The Morgan fingerprint density at radius 1 is 1.00 bits per heavy atom. The Labute approximate surface area is 163 Å². The van der Waals surface area contributed by atoms with Gasteiger partial charge in [-0.05, 0) is 49.7 Å². The predicted octanol–water partition coefficient (Wildman–Crippen LogP) is 5.38. The summed E-state index contributed by atoms with van der Waals surface area (Å²) < 4.78 is 27.0. The van der Waals surface area contributed by atoms with E-state index in [9.17, 15) is 13.6 Å².